The van der Waals surface area contributed by atoms with Gasteiger partial charge in [-0.1, -0.05) is 38.0 Å². The predicted molar refractivity (Wildman–Crippen MR) is 85.9 cm³/mol. The molecule has 24 heavy (non-hydrogen) atoms. The molecule has 1 aromatic carbocycles. The van der Waals surface area contributed by atoms with Crippen LogP contribution in [0.2, 0.25) is 0 Å². The van der Waals surface area contributed by atoms with E-state index < -0.39 is 12.1 Å². The predicted octanol–water partition coefficient (Wildman–Crippen LogP) is 4.28. The summed E-state index contributed by atoms with van der Waals surface area (Å²) in [6.07, 6.45) is 1.70. The Bertz CT molecular complexity index is 597. The van der Waals surface area contributed by atoms with Crippen LogP contribution in [0.4, 0.5) is 4.79 Å². The van der Waals surface area contributed by atoms with Crippen molar-refractivity contribution in [3.8, 4) is 0 Å². The molecular formula is C18H24O6. The van der Waals surface area contributed by atoms with Crippen molar-refractivity contribution in [3.05, 3.63) is 34.9 Å². The molecule has 1 fully saturated rings. The highest BCUT2D eigenvalue weighted by atomic mass is 17.5. The second kappa shape index (κ2) is 8.15. The Labute approximate surface area is 141 Å². The van der Waals surface area contributed by atoms with Gasteiger partial charge in [-0.15, -0.1) is 0 Å². The molecule has 1 aliphatic carbocycles. The van der Waals surface area contributed by atoms with Crippen LogP contribution in [0.5, 0.6) is 0 Å². The van der Waals surface area contributed by atoms with Gasteiger partial charge in [-0.2, -0.15) is 0 Å². The van der Waals surface area contributed by atoms with E-state index in [1.54, 1.807) is 19.1 Å². The zero-order valence-electron chi connectivity index (χ0n) is 14.5. The van der Waals surface area contributed by atoms with E-state index in [9.17, 15) is 9.59 Å². The monoisotopic (exact) mass is 336 g/mol. The van der Waals surface area contributed by atoms with Crippen molar-refractivity contribution in [3.63, 3.8) is 0 Å². The van der Waals surface area contributed by atoms with Gasteiger partial charge in [-0.3, -0.25) is 4.89 Å². The number of carbonyl (C=O) groups excluding carboxylic acids is 2. The highest BCUT2D eigenvalue weighted by Crippen LogP contribution is 2.30. The fourth-order valence-corrected chi connectivity index (χ4v) is 2.95. The Morgan fingerprint density at radius 2 is 1.83 bits per heavy atom. The van der Waals surface area contributed by atoms with Gasteiger partial charge in [-0.05, 0) is 50.2 Å². The van der Waals surface area contributed by atoms with E-state index in [0.29, 0.717) is 11.5 Å². The molecule has 0 amide bonds. The minimum absolute atomic E-state index is 0.208. The van der Waals surface area contributed by atoms with Gasteiger partial charge in [0.25, 0.3) is 0 Å². The highest BCUT2D eigenvalue weighted by Gasteiger charge is 2.29. The molecule has 1 saturated carbocycles. The molecule has 6 heteroatoms. The third-order valence-corrected chi connectivity index (χ3v) is 4.45. The summed E-state index contributed by atoms with van der Waals surface area (Å²) in [7, 11) is 0. The lowest BCUT2D eigenvalue weighted by Gasteiger charge is -2.31. The van der Waals surface area contributed by atoms with Crippen LogP contribution in [0, 0.1) is 25.7 Å². The second-order valence-electron chi connectivity index (χ2n) is 6.64. The van der Waals surface area contributed by atoms with E-state index in [-0.39, 0.29) is 12.0 Å². The molecule has 0 aromatic heterocycles. The molecule has 0 spiro atoms. The summed E-state index contributed by atoms with van der Waals surface area (Å²) in [6.45, 7) is 7.86. The molecule has 0 bridgehead atoms. The first-order chi connectivity index (χ1) is 11.4. The van der Waals surface area contributed by atoms with Crippen LogP contribution in [-0.4, -0.2) is 18.2 Å². The van der Waals surface area contributed by atoms with Crippen molar-refractivity contribution in [2.75, 3.05) is 0 Å². The molecule has 0 aliphatic heterocycles. The van der Waals surface area contributed by atoms with E-state index in [1.165, 1.54) is 0 Å². The van der Waals surface area contributed by atoms with Crippen LogP contribution in [0.25, 0.3) is 0 Å². The molecule has 1 aliphatic rings. The lowest BCUT2D eigenvalue weighted by Crippen LogP contribution is -2.31. The standard InChI is InChI=1S/C18H24O6/c1-11-6-8-15(14(4)9-11)17(19)22-24-23-18(20)21-16-10-12(2)5-7-13(16)3/h6,8-9,12-13,16H,5,7,10H2,1-4H3. The minimum atomic E-state index is -1.01. The van der Waals surface area contributed by atoms with Gasteiger partial charge in [0.1, 0.15) is 6.10 Å². The average Bonchev–Trinajstić information content (AvgIpc) is 2.50. The van der Waals surface area contributed by atoms with E-state index in [1.807, 2.05) is 19.9 Å². The summed E-state index contributed by atoms with van der Waals surface area (Å²) >= 11 is 0. The largest absolute Gasteiger partial charge is 0.543 e. The molecule has 0 radical (unpaired) electrons. The van der Waals surface area contributed by atoms with Crippen molar-refractivity contribution in [2.24, 2.45) is 11.8 Å². The number of benzene rings is 1. The smallest absolute Gasteiger partial charge is 0.429 e. The Morgan fingerprint density at radius 3 is 2.54 bits per heavy atom. The quantitative estimate of drug-likeness (QED) is 0.464. The molecule has 132 valence electrons. The van der Waals surface area contributed by atoms with Crippen LogP contribution in [0.3, 0.4) is 0 Å². The third-order valence-electron chi connectivity index (χ3n) is 4.45. The van der Waals surface area contributed by atoms with E-state index in [2.05, 4.69) is 21.7 Å². The van der Waals surface area contributed by atoms with Gasteiger partial charge in [0.15, 0.2) is 0 Å². The van der Waals surface area contributed by atoms with Gasteiger partial charge in [0.05, 0.1) is 10.6 Å². The summed E-state index contributed by atoms with van der Waals surface area (Å²) in [4.78, 5) is 32.4. The zero-order valence-corrected chi connectivity index (χ0v) is 14.5. The summed E-state index contributed by atoms with van der Waals surface area (Å²) in [5, 5.41) is 4.28. The first kappa shape index (κ1) is 18.3. The first-order valence-electron chi connectivity index (χ1n) is 8.20. The number of aryl methyl sites for hydroxylation is 2. The van der Waals surface area contributed by atoms with Gasteiger partial charge in [0, 0.05) is 0 Å². The topological polar surface area (TPSA) is 71.1 Å². The Balaban J connectivity index is 1.77. The maximum Gasteiger partial charge on any atom is 0.543 e. The average molecular weight is 336 g/mol. The summed E-state index contributed by atoms with van der Waals surface area (Å²) in [5.41, 5.74) is 2.11. The Morgan fingerprint density at radius 1 is 1.08 bits per heavy atom. The van der Waals surface area contributed by atoms with E-state index in [4.69, 9.17) is 4.74 Å². The van der Waals surface area contributed by atoms with Gasteiger partial charge >= 0.3 is 12.1 Å². The van der Waals surface area contributed by atoms with E-state index >= 15 is 0 Å². The molecule has 1 aromatic rings. The lowest BCUT2D eigenvalue weighted by atomic mass is 9.82. The molecule has 2 rings (SSSR count). The van der Waals surface area contributed by atoms with Crippen molar-refractivity contribution in [2.45, 2.75) is 53.1 Å². The molecule has 6 nitrogen and oxygen atoms in total. The fourth-order valence-electron chi connectivity index (χ4n) is 2.95. The fraction of sp³-hybridized carbons (Fsp3) is 0.556. The van der Waals surface area contributed by atoms with Crippen LogP contribution in [0.15, 0.2) is 18.2 Å². The first-order valence-corrected chi connectivity index (χ1v) is 8.20. The normalized spacial score (nSPS) is 23.4. The maximum atomic E-state index is 11.9. The highest BCUT2D eigenvalue weighted by molar-refractivity contribution is 5.90. The van der Waals surface area contributed by atoms with Crippen molar-refractivity contribution in [1.29, 1.82) is 0 Å². The molecule has 0 heterocycles. The summed E-state index contributed by atoms with van der Waals surface area (Å²) in [5.74, 6) is 0.0359. The number of ether oxygens (including phenoxy) is 1. The summed E-state index contributed by atoms with van der Waals surface area (Å²) < 4.78 is 5.22. The molecule has 0 saturated heterocycles. The third kappa shape index (κ3) is 4.96. The van der Waals surface area contributed by atoms with Gasteiger partial charge < -0.3 is 4.74 Å². The molecular weight excluding hydrogens is 312 g/mol. The van der Waals surface area contributed by atoms with Crippen molar-refractivity contribution in [1.82, 2.24) is 0 Å². The van der Waals surface area contributed by atoms with Crippen molar-refractivity contribution >= 4 is 12.1 Å². The Kier molecular flexibility index (Phi) is 6.20. The maximum absolute atomic E-state index is 11.9. The molecule has 3 atom stereocenters. The van der Waals surface area contributed by atoms with Crippen LogP contribution in [-0.2, 0) is 19.6 Å². The molecule has 3 unspecified atom stereocenters. The van der Waals surface area contributed by atoms with Gasteiger partial charge in [0.2, 0.25) is 0 Å². The van der Waals surface area contributed by atoms with Crippen LogP contribution >= 0.6 is 0 Å². The number of hydrogen-bond acceptors (Lipinski definition) is 6. The zero-order chi connectivity index (χ0) is 17.7. The number of hydrogen-bond donors (Lipinski definition) is 0. The van der Waals surface area contributed by atoms with E-state index in [0.717, 1.165) is 30.4 Å². The number of carbonyl (C=O) groups is 2. The van der Waals surface area contributed by atoms with Crippen LogP contribution < -0.4 is 0 Å². The SMILES string of the molecule is Cc1ccc(C(=O)OOOC(=O)OC2CC(C)CCC2C)c(C)c1. The second-order valence-corrected chi connectivity index (χ2v) is 6.64. The lowest BCUT2D eigenvalue weighted by molar-refractivity contribution is -0.453. The van der Waals surface area contributed by atoms with Gasteiger partial charge in [-0.25, -0.2) is 14.5 Å². The summed E-state index contributed by atoms with van der Waals surface area (Å²) in [6, 6.07) is 5.25. The number of rotatable bonds is 4. The molecule has 0 N–H and O–H groups in total. The Hall–Kier alpha value is -2.08. The van der Waals surface area contributed by atoms with Crippen LogP contribution in [0.1, 0.15) is 54.6 Å². The van der Waals surface area contributed by atoms with Crippen molar-refractivity contribution < 1.29 is 29.1 Å². The minimum Gasteiger partial charge on any atom is -0.429 e.